The summed E-state index contributed by atoms with van der Waals surface area (Å²) in [7, 11) is 0. The van der Waals surface area contributed by atoms with E-state index in [9.17, 15) is 9.90 Å². The number of thiophene rings is 1. The fourth-order valence-electron chi connectivity index (χ4n) is 1.97. The summed E-state index contributed by atoms with van der Waals surface area (Å²) in [4.78, 5) is 16.7. The SMILES string of the molecule is O=C(O)c1cc(-c2ccc(Cl)s2)nc2c(Cl)cccc12. The maximum absolute atomic E-state index is 11.4. The molecule has 0 aliphatic rings. The number of halogens is 2. The number of hydrogen-bond donors (Lipinski definition) is 1. The molecule has 100 valence electrons. The topological polar surface area (TPSA) is 50.2 Å². The van der Waals surface area contributed by atoms with Gasteiger partial charge in [0.2, 0.25) is 0 Å². The van der Waals surface area contributed by atoms with Crippen LogP contribution in [0.2, 0.25) is 9.36 Å². The van der Waals surface area contributed by atoms with Gasteiger partial charge < -0.3 is 5.11 Å². The zero-order valence-electron chi connectivity index (χ0n) is 9.93. The molecule has 3 aromatic rings. The van der Waals surface area contributed by atoms with Gasteiger partial charge in [-0.25, -0.2) is 9.78 Å². The quantitative estimate of drug-likeness (QED) is 0.724. The number of fused-ring (bicyclic) bond motifs is 1. The minimum absolute atomic E-state index is 0.178. The van der Waals surface area contributed by atoms with Crippen LogP contribution in [0, 0.1) is 0 Å². The van der Waals surface area contributed by atoms with E-state index in [-0.39, 0.29) is 5.56 Å². The average Bonchev–Trinajstić information content (AvgIpc) is 2.85. The van der Waals surface area contributed by atoms with Crippen molar-refractivity contribution < 1.29 is 9.90 Å². The van der Waals surface area contributed by atoms with Crippen LogP contribution in [-0.4, -0.2) is 16.1 Å². The van der Waals surface area contributed by atoms with E-state index in [0.29, 0.717) is 26.0 Å². The molecule has 1 N–H and O–H groups in total. The molecular weight excluding hydrogens is 317 g/mol. The zero-order valence-corrected chi connectivity index (χ0v) is 12.3. The molecule has 3 nitrogen and oxygen atoms in total. The number of pyridine rings is 1. The van der Waals surface area contributed by atoms with Crippen LogP contribution >= 0.6 is 34.5 Å². The summed E-state index contributed by atoms with van der Waals surface area (Å²) in [6.07, 6.45) is 0. The van der Waals surface area contributed by atoms with Crippen LogP contribution in [-0.2, 0) is 0 Å². The highest BCUT2D eigenvalue weighted by Crippen LogP contribution is 2.33. The highest BCUT2D eigenvalue weighted by molar-refractivity contribution is 7.19. The van der Waals surface area contributed by atoms with Gasteiger partial charge >= 0.3 is 5.97 Å². The number of aromatic carboxylic acids is 1. The number of benzene rings is 1. The summed E-state index contributed by atoms with van der Waals surface area (Å²) >= 11 is 13.4. The lowest BCUT2D eigenvalue weighted by Crippen LogP contribution is -2.00. The molecule has 0 aliphatic carbocycles. The van der Waals surface area contributed by atoms with Crippen LogP contribution in [0.25, 0.3) is 21.5 Å². The molecule has 0 saturated heterocycles. The van der Waals surface area contributed by atoms with Crippen molar-refractivity contribution in [2.75, 3.05) is 0 Å². The Labute approximate surface area is 128 Å². The Hall–Kier alpha value is -1.62. The summed E-state index contributed by atoms with van der Waals surface area (Å²) in [6, 6.07) is 10.2. The van der Waals surface area contributed by atoms with Crippen molar-refractivity contribution in [3.63, 3.8) is 0 Å². The van der Waals surface area contributed by atoms with Gasteiger partial charge in [0.1, 0.15) is 0 Å². The lowest BCUT2D eigenvalue weighted by molar-refractivity contribution is 0.0699. The molecule has 0 saturated carbocycles. The van der Waals surface area contributed by atoms with Gasteiger partial charge in [-0.1, -0.05) is 35.3 Å². The summed E-state index contributed by atoms with van der Waals surface area (Å²) in [5, 5.41) is 10.3. The first-order valence-electron chi connectivity index (χ1n) is 5.64. The van der Waals surface area contributed by atoms with Crippen molar-refractivity contribution in [3.8, 4) is 10.6 Å². The summed E-state index contributed by atoms with van der Waals surface area (Å²) < 4.78 is 0.623. The Morgan fingerprint density at radius 3 is 2.65 bits per heavy atom. The Morgan fingerprint density at radius 2 is 2.00 bits per heavy atom. The summed E-state index contributed by atoms with van der Waals surface area (Å²) in [5.74, 6) is -1.01. The van der Waals surface area contributed by atoms with Gasteiger partial charge in [0.15, 0.2) is 0 Å². The molecule has 0 spiro atoms. The Balaban J connectivity index is 2.35. The maximum atomic E-state index is 11.4. The minimum Gasteiger partial charge on any atom is -0.478 e. The van der Waals surface area contributed by atoms with Crippen molar-refractivity contribution >= 4 is 51.4 Å². The fraction of sp³-hybridized carbons (Fsp3) is 0. The van der Waals surface area contributed by atoms with Gasteiger partial charge in [0.25, 0.3) is 0 Å². The number of rotatable bonds is 2. The minimum atomic E-state index is -1.01. The summed E-state index contributed by atoms with van der Waals surface area (Å²) in [6.45, 7) is 0. The predicted molar refractivity (Wildman–Crippen MR) is 82.0 cm³/mol. The van der Waals surface area contributed by atoms with Crippen molar-refractivity contribution in [2.24, 2.45) is 0 Å². The molecule has 2 aromatic heterocycles. The van der Waals surface area contributed by atoms with E-state index in [1.807, 2.05) is 6.07 Å². The molecule has 0 amide bonds. The second kappa shape index (κ2) is 5.05. The number of aromatic nitrogens is 1. The molecule has 2 heterocycles. The molecule has 0 radical (unpaired) electrons. The van der Waals surface area contributed by atoms with Crippen LogP contribution in [0.15, 0.2) is 36.4 Å². The summed E-state index contributed by atoms with van der Waals surface area (Å²) in [5.41, 5.74) is 1.21. The average molecular weight is 324 g/mol. The van der Waals surface area contributed by atoms with Crippen LogP contribution in [0.5, 0.6) is 0 Å². The Bertz CT molecular complexity index is 829. The second-order valence-electron chi connectivity index (χ2n) is 4.10. The number of hydrogen-bond acceptors (Lipinski definition) is 3. The van der Waals surface area contributed by atoms with E-state index in [2.05, 4.69) is 4.98 Å². The van der Waals surface area contributed by atoms with Gasteiger partial charge in [0.05, 0.1) is 31.0 Å². The molecule has 6 heteroatoms. The van der Waals surface area contributed by atoms with Gasteiger partial charge in [-0.15, -0.1) is 11.3 Å². The van der Waals surface area contributed by atoms with E-state index in [4.69, 9.17) is 23.2 Å². The zero-order chi connectivity index (χ0) is 14.3. The Morgan fingerprint density at radius 1 is 1.20 bits per heavy atom. The van der Waals surface area contributed by atoms with Crippen LogP contribution in [0.1, 0.15) is 10.4 Å². The molecule has 0 atom stereocenters. The second-order valence-corrected chi connectivity index (χ2v) is 6.22. The fourth-order valence-corrected chi connectivity index (χ4v) is 3.19. The number of carboxylic acid groups (broad SMARTS) is 1. The van der Waals surface area contributed by atoms with E-state index >= 15 is 0 Å². The van der Waals surface area contributed by atoms with E-state index < -0.39 is 5.97 Å². The lowest BCUT2D eigenvalue weighted by Gasteiger charge is -2.06. The van der Waals surface area contributed by atoms with Crippen LogP contribution < -0.4 is 0 Å². The van der Waals surface area contributed by atoms with Crippen molar-refractivity contribution in [1.29, 1.82) is 0 Å². The molecule has 0 aliphatic heterocycles. The van der Waals surface area contributed by atoms with Gasteiger partial charge in [-0.3, -0.25) is 0 Å². The highest BCUT2D eigenvalue weighted by atomic mass is 35.5. The largest absolute Gasteiger partial charge is 0.478 e. The first-order valence-corrected chi connectivity index (χ1v) is 7.22. The normalized spacial score (nSPS) is 10.9. The number of carboxylic acids is 1. The van der Waals surface area contributed by atoms with Gasteiger partial charge in [-0.05, 0) is 24.3 Å². The van der Waals surface area contributed by atoms with Crippen molar-refractivity contribution in [3.05, 3.63) is 51.3 Å². The van der Waals surface area contributed by atoms with Gasteiger partial charge in [0, 0.05) is 5.39 Å². The van der Waals surface area contributed by atoms with Crippen molar-refractivity contribution in [2.45, 2.75) is 0 Å². The first-order chi connectivity index (χ1) is 9.56. The van der Waals surface area contributed by atoms with Crippen LogP contribution in [0.3, 0.4) is 0 Å². The third-order valence-electron chi connectivity index (χ3n) is 2.85. The first kappa shape index (κ1) is 13.4. The maximum Gasteiger partial charge on any atom is 0.336 e. The van der Waals surface area contributed by atoms with E-state index in [0.717, 1.165) is 4.88 Å². The predicted octanol–water partition coefficient (Wildman–Crippen LogP) is 4.97. The molecule has 20 heavy (non-hydrogen) atoms. The number of carbonyl (C=O) groups is 1. The molecular formula is C14H7Cl2NO2S. The molecule has 3 rings (SSSR count). The molecule has 0 fully saturated rings. The van der Waals surface area contributed by atoms with Gasteiger partial charge in [-0.2, -0.15) is 0 Å². The number of para-hydroxylation sites is 1. The van der Waals surface area contributed by atoms with Crippen molar-refractivity contribution in [1.82, 2.24) is 4.98 Å². The molecule has 1 aromatic carbocycles. The number of nitrogens with zero attached hydrogens (tertiary/aromatic N) is 1. The third kappa shape index (κ3) is 2.26. The highest BCUT2D eigenvalue weighted by Gasteiger charge is 2.15. The lowest BCUT2D eigenvalue weighted by atomic mass is 10.1. The third-order valence-corrected chi connectivity index (χ3v) is 4.40. The van der Waals surface area contributed by atoms with Crippen LogP contribution in [0.4, 0.5) is 0 Å². The molecule has 0 bridgehead atoms. The van der Waals surface area contributed by atoms with E-state index in [1.165, 1.54) is 11.3 Å². The Kier molecular flexibility index (Phi) is 3.38. The molecule has 0 unspecified atom stereocenters. The standard InChI is InChI=1S/C14H7Cl2NO2S/c15-9-3-1-2-7-8(14(18)19)6-10(17-13(7)9)11-4-5-12(16)20-11/h1-6H,(H,18,19). The monoisotopic (exact) mass is 323 g/mol. The van der Waals surface area contributed by atoms with E-state index in [1.54, 1.807) is 30.3 Å². The smallest absolute Gasteiger partial charge is 0.336 e.